The first-order valence-electron chi connectivity index (χ1n) is 7.20. The normalized spacial score (nSPS) is 24.9. The Balaban J connectivity index is 1.50. The van der Waals surface area contributed by atoms with Crippen molar-refractivity contribution in [2.75, 3.05) is 0 Å². The molecule has 4 heteroatoms. The zero-order valence-corrected chi connectivity index (χ0v) is 11.5. The second-order valence-corrected chi connectivity index (χ2v) is 5.57. The Morgan fingerprint density at radius 3 is 3.05 bits per heavy atom. The maximum Gasteiger partial charge on any atom is 0.289 e. The standard InChI is InChI=1S/C17H15N3O/c21-17(20-19-16-10-12-5-3-6-13(12)16)15-9-8-11-4-1-2-7-14(11)18-15/h1-5,7-9,12-13H,6,10H2,(H,20,21)/b19-16-/t12-,13-/m1/s1. The molecule has 0 radical (unpaired) electrons. The average molecular weight is 277 g/mol. The Morgan fingerprint density at radius 2 is 2.14 bits per heavy atom. The summed E-state index contributed by atoms with van der Waals surface area (Å²) in [6.45, 7) is 0. The third-order valence-electron chi connectivity index (χ3n) is 4.30. The van der Waals surface area contributed by atoms with Gasteiger partial charge in [-0.2, -0.15) is 5.10 Å². The van der Waals surface area contributed by atoms with Crippen molar-refractivity contribution in [3.8, 4) is 0 Å². The summed E-state index contributed by atoms with van der Waals surface area (Å²) in [6, 6.07) is 11.4. The van der Waals surface area contributed by atoms with E-state index in [4.69, 9.17) is 0 Å². The van der Waals surface area contributed by atoms with Gasteiger partial charge in [-0.3, -0.25) is 4.79 Å². The van der Waals surface area contributed by atoms with Crippen LogP contribution < -0.4 is 5.43 Å². The molecule has 0 unspecified atom stereocenters. The molecule has 2 aromatic rings. The number of aromatic nitrogens is 1. The van der Waals surface area contributed by atoms with Gasteiger partial charge in [0.25, 0.3) is 5.91 Å². The van der Waals surface area contributed by atoms with E-state index in [0.29, 0.717) is 17.5 Å². The van der Waals surface area contributed by atoms with Gasteiger partial charge < -0.3 is 0 Å². The van der Waals surface area contributed by atoms with Gasteiger partial charge in [-0.15, -0.1) is 0 Å². The van der Waals surface area contributed by atoms with Crippen LogP contribution in [0.5, 0.6) is 0 Å². The van der Waals surface area contributed by atoms with Crippen LogP contribution in [0.15, 0.2) is 53.7 Å². The summed E-state index contributed by atoms with van der Waals surface area (Å²) in [5.74, 6) is 0.900. The van der Waals surface area contributed by atoms with Crippen LogP contribution in [0.25, 0.3) is 10.9 Å². The molecule has 104 valence electrons. The minimum Gasteiger partial charge on any atom is -0.266 e. The van der Waals surface area contributed by atoms with Gasteiger partial charge in [0.15, 0.2) is 0 Å². The summed E-state index contributed by atoms with van der Waals surface area (Å²) in [5, 5.41) is 5.29. The van der Waals surface area contributed by atoms with Gasteiger partial charge in [-0.25, -0.2) is 10.4 Å². The zero-order valence-electron chi connectivity index (χ0n) is 11.5. The highest BCUT2D eigenvalue weighted by molar-refractivity contribution is 5.98. The maximum absolute atomic E-state index is 12.1. The Labute approximate surface area is 122 Å². The number of allylic oxidation sites excluding steroid dienone is 2. The van der Waals surface area contributed by atoms with E-state index in [1.54, 1.807) is 6.07 Å². The SMILES string of the molecule is O=C(N/N=C1/C[C@H]2C=CC[C@@H]12)c1ccc2ccccc2n1. The summed E-state index contributed by atoms with van der Waals surface area (Å²) in [7, 11) is 0. The number of nitrogens with zero attached hydrogens (tertiary/aromatic N) is 2. The molecule has 1 aromatic heterocycles. The first-order valence-corrected chi connectivity index (χ1v) is 7.20. The fourth-order valence-corrected chi connectivity index (χ4v) is 3.04. The molecule has 2 aliphatic carbocycles. The molecule has 1 amide bonds. The van der Waals surface area contributed by atoms with E-state index >= 15 is 0 Å². The Bertz CT molecular complexity index is 778. The molecule has 2 atom stereocenters. The smallest absolute Gasteiger partial charge is 0.266 e. The average Bonchev–Trinajstić information content (AvgIpc) is 2.88. The molecule has 4 rings (SSSR count). The lowest BCUT2D eigenvalue weighted by molar-refractivity contribution is 0.0949. The zero-order chi connectivity index (χ0) is 14.2. The van der Waals surface area contributed by atoms with Gasteiger partial charge in [-0.1, -0.05) is 36.4 Å². The topological polar surface area (TPSA) is 54.4 Å². The fraction of sp³-hybridized carbons (Fsp3) is 0.235. The Morgan fingerprint density at radius 1 is 1.24 bits per heavy atom. The molecule has 0 saturated heterocycles. The van der Waals surface area contributed by atoms with Crippen LogP contribution in [0.1, 0.15) is 23.3 Å². The Hall–Kier alpha value is -2.49. The van der Waals surface area contributed by atoms with Crippen molar-refractivity contribution >= 4 is 22.5 Å². The fourth-order valence-electron chi connectivity index (χ4n) is 3.04. The number of carbonyl (C=O) groups excluding carboxylic acids is 1. The summed E-state index contributed by atoms with van der Waals surface area (Å²) in [6.07, 6.45) is 6.46. The van der Waals surface area contributed by atoms with E-state index < -0.39 is 0 Å². The highest BCUT2D eigenvalue weighted by Crippen LogP contribution is 2.40. The van der Waals surface area contributed by atoms with Crippen LogP contribution in [-0.2, 0) is 0 Å². The molecule has 1 aromatic carbocycles. The van der Waals surface area contributed by atoms with Gasteiger partial charge in [0, 0.05) is 17.0 Å². The van der Waals surface area contributed by atoms with Crippen LogP contribution in [0, 0.1) is 11.8 Å². The molecular formula is C17H15N3O. The number of pyridine rings is 1. The molecule has 0 bridgehead atoms. The van der Waals surface area contributed by atoms with E-state index in [0.717, 1.165) is 29.5 Å². The number of hydrogen-bond donors (Lipinski definition) is 1. The van der Waals surface area contributed by atoms with Gasteiger partial charge >= 0.3 is 0 Å². The van der Waals surface area contributed by atoms with Crippen molar-refractivity contribution in [3.05, 3.63) is 54.2 Å². The molecule has 0 aliphatic heterocycles. The second-order valence-electron chi connectivity index (χ2n) is 5.57. The number of carbonyl (C=O) groups is 1. The third-order valence-corrected chi connectivity index (χ3v) is 4.30. The number of hydrogen-bond acceptors (Lipinski definition) is 3. The van der Waals surface area contributed by atoms with Gasteiger partial charge in [0.1, 0.15) is 5.69 Å². The van der Waals surface area contributed by atoms with Crippen molar-refractivity contribution in [3.63, 3.8) is 0 Å². The molecule has 1 heterocycles. The maximum atomic E-state index is 12.1. The lowest BCUT2D eigenvalue weighted by Crippen LogP contribution is -2.35. The van der Waals surface area contributed by atoms with Crippen LogP contribution in [0.2, 0.25) is 0 Å². The van der Waals surface area contributed by atoms with E-state index in [1.165, 1.54) is 0 Å². The van der Waals surface area contributed by atoms with Crippen LogP contribution in [0.4, 0.5) is 0 Å². The van der Waals surface area contributed by atoms with Gasteiger partial charge in [0.05, 0.1) is 5.52 Å². The summed E-state index contributed by atoms with van der Waals surface area (Å²) in [5.41, 5.74) is 4.96. The van der Waals surface area contributed by atoms with Gasteiger partial charge in [-0.05, 0) is 30.9 Å². The molecule has 1 N–H and O–H groups in total. The van der Waals surface area contributed by atoms with Gasteiger partial charge in [0.2, 0.25) is 0 Å². The first kappa shape index (κ1) is 12.3. The van der Waals surface area contributed by atoms with Crippen molar-refractivity contribution < 1.29 is 4.79 Å². The predicted molar refractivity (Wildman–Crippen MR) is 82.0 cm³/mol. The highest BCUT2D eigenvalue weighted by atomic mass is 16.2. The number of fused-ring (bicyclic) bond motifs is 2. The van der Waals surface area contributed by atoms with Crippen molar-refractivity contribution in [1.29, 1.82) is 0 Å². The first-order chi connectivity index (χ1) is 10.3. The molecular weight excluding hydrogens is 262 g/mol. The molecule has 1 saturated carbocycles. The van der Waals surface area contributed by atoms with Crippen LogP contribution in [0.3, 0.4) is 0 Å². The predicted octanol–water partition coefficient (Wildman–Crippen LogP) is 2.92. The van der Waals surface area contributed by atoms with E-state index in [2.05, 4.69) is 27.7 Å². The Kier molecular flexibility index (Phi) is 2.81. The minimum atomic E-state index is -0.248. The summed E-state index contributed by atoms with van der Waals surface area (Å²) < 4.78 is 0. The van der Waals surface area contributed by atoms with Crippen molar-refractivity contribution in [2.45, 2.75) is 12.8 Å². The lowest BCUT2D eigenvalue weighted by Gasteiger charge is -2.31. The molecule has 1 fully saturated rings. The quantitative estimate of drug-likeness (QED) is 0.678. The minimum absolute atomic E-state index is 0.248. The second kappa shape index (κ2) is 4.81. The highest BCUT2D eigenvalue weighted by Gasteiger charge is 2.38. The van der Waals surface area contributed by atoms with Crippen LogP contribution in [-0.4, -0.2) is 16.6 Å². The number of benzene rings is 1. The van der Waals surface area contributed by atoms with Crippen molar-refractivity contribution in [1.82, 2.24) is 10.4 Å². The number of nitrogens with one attached hydrogen (secondary N) is 1. The third kappa shape index (κ3) is 2.13. The number of para-hydroxylation sites is 1. The molecule has 4 nitrogen and oxygen atoms in total. The number of hydrazone groups is 1. The number of amides is 1. The molecule has 2 aliphatic rings. The van der Waals surface area contributed by atoms with Crippen molar-refractivity contribution in [2.24, 2.45) is 16.9 Å². The summed E-state index contributed by atoms with van der Waals surface area (Å²) in [4.78, 5) is 16.5. The van der Waals surface area contributed by atoms with E-state index in [-0.39, 0.29) is 5.91 Å². The van der Waals surface area contributed by atoms with E-state index in [9.17, 15) is 4.79 Å². The molecule has 21 heavy (non-hydrogen) atoms. The largest absolute Gasteiger partial charge is 0.289 e. The van der Waals surface area contributed by atoms with Crippen LogP contribution >= 0.6 is 0 Å². The monoisotopic (exact) mass is 277 g/mol. The summed E-state index contributed by atoms with van der Waals surface area (Å²) >= 11 is 0. The number of rotatable bonds is 2. The van der Waals surface area contributed by atoms with E-state index in [1.807, 2.05) is 30.3 Å². The lowest BCUT2D eigenvalue weighted by atomic mass is 9.74. The molecule has 0 spiro atoms.